The molecule has 0 spiro atoms. The Labute approximate surface area is 163 Å². The molecule has 24 heavy (non-hydrogen) atoms. The zero-order chi connectivity index (χ0) is 15.9. The Kier molecular flexibility index (Phi) is 10.8. The van der Waals surface area contributed by atoms with E-state index in [9.17, 15) is 4.79 Å². The van der Waals surface area contributed by atoms with Crippen LogP contribution in [-0.2, 0) is 4.79 Å². The first-order chi connectivity index (χ1) is 10.6. The number of nitrogens with two attached hydrogens (primary N) is 2. The van der Waals surface area contributed by atoms with Gasteiger partial charge in [0.15, 0.2) is 0 Å². The van der Waals surface area contributed by atoms with E-state index in [0.717, 1.165) is 31.2 Å². The maximum absolute atomic E-state index is 12.2. The lowest BCUT2D eigenvalue weighted by molar-refractivity contribution is -0.140. The van der Waals surface area contributed by atoms with Gasteiger partial charge in [-0.2, -0.15) is 0 Å². The maximum Gasteiger partial charge on any atom is 0.314 e. The number of amidine groups is 1. The molecule has 2 rings (SSSR count). The molecule has 0 saturated heterocycles. The predicted molar refractivity (Wildman–Crippen MR) is 108 cm³/mol. The normalized spacial score (nSPS) is 19.9. The summed E-state index contributed by atoms with van der Waals surface area (Å²) < 4.78 is 5.44. The molecule has 1 saturated carbocycles. The van der Waals surface area contributed by atoms with Crippen molar-refractivity contribution >= 4 is 51.8 Å². The van der Waals surface area contributed by atoms with Crippen LogP contribution >= 0.6 is 34.0 Å². The fraction of sp³-hybridized carbons (Fsp3) is 0.412. The van der Waals surface area contributed by atoms with Gasteiger partial charge in [-0.3, -0.25) is 10.2 Å². The number of rotatable bonds is 5. The molecule has 7 heteroatoms. The quantitative estimate of drug-likeness (QED) is 0.270. The molecule has 0 radical (unpaired) electrons. The summed E-state index contributed by atoms with van der Waals surface area (Å²) in [4.78, 5) is 12.2. The second kappa shape index (κ2) is 11.4. The average Bonchev–Trinajstić information content (AvgIpc) is 2.54. The summed E-state index contributed by atoms with van der Waals surface area (Å²) in [6.45, 7) is 0.705. The Morgan fingerprint density at radius 1 is 1.17 bits per heavy atom. The number of halogens is 2. The third-order valence-corrected chi connectivity index (χ3v) is 4.07. The minimum Gasteiger partial charge on any atom is -0.426 e. The van der Waals surface area contributed by atoms with Crippen molar-refractivity contribution in [1.29, 1.82) is 5.41 Å². The molecule has 0 amide bonds. The van der Waals surface area contributed by atoms with E-state index in [1.54, 1.807) is 18.2 Å². The van der Waals surface area contributed by atoms with E-state index in [1.165, 1.54) is 6.08 Å². The minimum atomic E-state index is -0.150. The monoisotopic (exact) mass is 461 g/mol. The van der Waals surface area contributed by atoms with Crippen molar-refractivity contribution < 1.29 is 9.53 Å². The SMILES string of the molecule is Br.Br.N=C(N)C=Cc1ccc(OC(=O)[C@H]2CC[C@H](CN)CC2)cc1. The van der Waals surface area contributed by atoms with E-state index < -0.39 is 0 Å². The highest BCUT2D eigenvalue weighted by Crippen LogP contribution is 2.29. The highest BCUT2D eigenvalue weighted by atomic mass is 79.9. The van der Waals surface area contributed by atoms with Crippen molar-refractivity contribution in [1.82, 2.24) is 0 Å². The molecule has 1 fully saturated rings. The molecule has 0 aromatic heterocycles. The molecule has 0 aliphatic heterocycles. The summed E-state index contributed by atoms with van der Waals surface area (Å²) in [7, 11) is 0. The van der Waals surface area contributed by atoms with E-state index in [1.807, 2.05) is 12.1 Å². The molecule has 1 aromatic carbocycles. The van der Waals surface area contributed by atoms with Gasteiger partial charge in [-0.25, -0.2) is 0 Å². The Hall–Kier alpha value is -1.18. The Balaban J connectivity index is 0.00000264. The Morgan fingerprint density at radius 3 is 2.25 bits per heavy atom. The first kappa shape index (κ1) is 22.8. The Bertz CT molecular complexity index is 553. The molecule has 134 valence electrons. The Morgan fingerprint density at radius 2 is 1.75 bits per heavy atom. The fourth-order valence-electron chi connectivity index (χ4n) is 2.67. The molecular formula is C17H25Br2N3O2. The lowest BCUT2D eigenvalue weighted by Gasteiger charge is -2.26. The summed E-state index contributed by atoms with van der Waals surface area (Å²) in [6, 6.07) is 7.16. The predicted octanol–water partition coefficient (Wildman–Crippen LogP) is 3.46. The summed E-state index contributed by atoms with van der Waals surface area (Å²) in [5, 5.41) is 7.13. The first-order valence-electron chi connectivity index (χ1n) is 7.62. The summed E-state index contributed by atoms with van der Waals surface area (Å²) in [5.41, 5.74) is 11.8. The highest BCUT2D eigenvalue weighted by Gasteiger charge is 2.27. The van der Waals surface area contributed by atoms with Crippen molar-refractivity contribution in [2.24, 2.45) is 23.3 Å². The summed E-state index contributed by atoms with van der Waals surface area (Å²) >= 11 is 0. The van der Waals surface area contributed by atoms with Gasteiger partial charge < -0.3 is 16.2 Å². The first-order valence-corrected chi connectivity index (χ1v) is 7.62. The van der Waals surface area contributed by atoms with Gasteiger partial charge in [-0.15, -0.1) is 34.0 Å². The number of esters is 1. The van der Waals surface area contributed by atoms with Gasteiger partial charge in [-0.1, -0.05) is 18.2 Å². The van der Waals surface area contributed by atoms with Crippen LogP contribution in [0, 0.1) is 17.2 Å². The fourth-order valence-corrected chi connectivity index (χ4v) is 2.67. The lowest BCUT2D eigenvalue weighted by atomic mass is 9.82. The van der Waals surface area contributed by atoms with E-state index in [0.29, 0.717) is 18.2 Å². The number of carbonyl (C=O) groups excluding carboxylic acids is 1. The summed E-state index contributed by atoms with van der Waals surface area (Å²) in [6.07, 6.45) is 6.98. The average molecular weight is 463 g/mol. The topological polar surface area (TPSA) is 102 Å². The minimum absolute atomic E-state index is 0. The molecule has 1 aromatic rings. The van der Waals surface area contributed by atoms with E-state index in [2.05, 4.69) is 0 Å². The van der Waals surface area contributed by atoms with Gasteiger partial charge in [0.05, 0.1) is 5.92 Å². The zero-order valence-corrected chi connectivity index (χ0v) is 16.9. The number of ether oxygens (including phenoxy) is 1. The van der Waals surface area contributed by atoms with Crippen LogP contribution in [0.3, 0.4) is 0 Å². The van der Waals surface area contributed by atoms with Gasteiger partial charge in [0.1, 0.15) is 11.6 Å². The van der Waals surface area contributed by atoms with E-state index >= 15 is 0 Å². The molecule has 0 unspecified atom stereocenters. The van der Waals surface area contributed by atoms with Crippen LogP contribution in [0.5, 0.6) is 5.75 Å². The van der Waals surface area contributed by atoms with Crippen molar-refractivity contribution in [2.45, 2.75) is 25.7 Å². The van der Waals surface area contributed by atoms with Crippen molar-refractivity contribution in [3.05, 3.63) is 35.9 Å². The van der Waals surface area contributed by atoms with Gasteiger partial charge in [0.2, 0.25) is 0 Å². The third kappa shape index (κ3) is 7.15. The van der Waals surface area contributed by atoms with Gasteiger partial charge >= 0.3 is 5.97 Å². The van der Waals surface area contributed by atoms with E-state index in [-0.39, 0.29) is 51.7 Å². The van der Waals surface area contributed by atoms with E-state index in [4.69, 9.17) is 21.6 Å². The van der Waals surface area contributed by atoms with Crippen LogP contribution in [0.1, 0.15) is 31.2 Å². The number of nitrogens with one attached hydrogen (secondary N) is 1. The lowest BCUT2D eigenvalue weighted by Crippen LogP contribution is -2.28. The highest BCUT2D eigenvalue weighted by molar-refractivity contribution is 8.93. The van der Waals surface area contributed by atoms with Crippen LogP contribution in [0.4, 0.5) is 0 Å². The number of hydrogen-bond donors (Lipinski definition) is 3. The maximum atomic E-state index is 12.2. The van der Waals surface area contributed by atoms with Crippen molar-refractivity contribution in [3.8, 4) is 5.75 Å². The molecule has 0 bridgehead atoms. The molecule has 5 N–H and O–H groups in total. The van der Waals surface area contributed by atoms with Gasteiger partial charge in [0.25, 0.3) is 0 Å². The third-order valence-electron chi connectivity index (χ3n) is 4.07. The molecular weight excluding hydrogens is 438 g/mol. The number of hydrogen-bond acceptors (Lipinski definition) is 4. The smallest absolute Gasteiger partial charge is 0.314 e. The summed E-state index contributed by atoms with van der Waals surface area (Å²) in [5.74, 6) is 0.938. The second-order valence-corrected chi connectivity index (χ2v) is 5.73. The molecule has 1 aliphatic rings. The van der Waals surface area contributed by atoms with Crippen LogP contribution in [-0.4, -0.2) is 18.3 Å². The second-order valence-electron chi connectivity index (χ2n) is 5.73. The zero-order valence-electron chi connectivity index (χ0n) is 13.4. The number of carbonyl (C=O) groups is 1. The van der Waals surface area contributed by atoms with Gasteiger partial charge in [0, 0.05) is 0 Å². The molecule has 1 aliphatic carbocycles. The standard InChI is InChI=1S/C17H23N3O2.2BrH/c18-11-13-1-6-14(7-2-13)17(21)22-15-8-3-12(4-9-15)5-10-16(19)20;;/h3-5,8-10,13-14H,1-2,6-7,11,18H2,(H3,19,20);2*1H/t13-,14-;;. The molecule has 0 heterocycles. The molecule has 0 atom stereocenters. The van der Waals surface area contributed by atoms with Gasteiger partial charge in [-0.05, 0) is 61.9 Å². The molecule has 5 nitrogen and oxygen atoms in total. The number of benzene rings is 1. The van der Waals surface area contributed by atoms with Crippen LogP contribution < -0.4 is 16.2 Å². The van der Waals surface area contributed by atoms with Crippen LogP contribution in [0.2, 0.25) is 0 Å². The van der Waals surface area contributed by atoms with Crippen molar-refractivity contribution in [3.63, 3.8) is 0 Å². The van der Waals surface area contributed by atoms with Crippen LogP contribution in [0.25, 0.3) is 6.08 Å². The van der Waals surface area contributed by atoms with Crippen LogP contribution in [0.15, 0.2) is 30.3 Å². The largest absolute Gasteiger partial charge is 0.426 e. The van der Waals surface area contributed by atoms with Crippen molar-refractivity contribution in [2.75, 3.05) is 6.54 Å².